The molecule has 2 heterocycles. The number of ether oxygens (including phenoxy) is 2. The van der Waals surface area contributed by atoms with E-state index in [1.165, 1.54) is 10.9 Å². The summed E-state index contributed by atoms with van der Waals surface area (Å²) in [6.07, 6.45) is 4.80. The molecule has 31 heavy (non-hydrogen) atoms. The number of anilines is 1. The minimum Gasteiger partial charge on any atom is -0.493 e. The largest absolute Gasteiger partial charge is 0.493 e. The zero-order valence-corrected chi connectivity index (χ0v) is 17.7. The molecule has 0 spiro atoms. The Morgan fingerprint density at radius 2 is 2.03 bits per heavy atom. The van der Waals surface area contributed by atoms with Gasteiger partial charge in [-0.3, -0.25) is 19.1 Å². The molecule has 0 aliphatic carbocycles. The average Bonchev–Trinajstić information content (AvgIpc) is 3.21. The van der Waals surface area contributed by atoms with Crippen LogP contribution in [0.5, 0.6) is 5.75 Å². The standard InChI is InChI=1S/C22H28N4O5/c1-2-30-22(29)17-7-6-11-25(14-17)21(28)16-26-15-18(13-23-26)24-20(27)10-12-31-19-8-4-3-5-9-19/h3-5,8-9,13,15,17H,2,6-7,10-12,14,16H2,1H3,(H,24,27). The van der Waals surface area contributed by atoms with Crippen molar-refractivity contribution in [2.45, 2.75) is 32.7 Å². The maximum absolute atomic E-state index is 12.6. The first-order valence-corrected chi connectivity index (χ1v) is 10.5. The summed E-state index contributed by atoms with van der Waals surface area (Å²) in [5.74, 6) is -0.130. The number of piperidine rings is 1. The van der Waals surface area contributed by atoms with Crippen molar-refractivity contribution in [2.75, 3.05) is 31.6 Å². The number of esters is 1. The van der Waals surface area contributed by atoms with E-state index in [2.05, 4.69) is 10.4 Å². The highest BCUT2D eigenvalue weighted by molar-refractivity contribution is 5.90. The summed E-state index contributed by atoms with van der Waals surface area (Å²) in [5, 5.41) is 6.90. The number of hydrogen-bond donors (Lipinski definition) is 1. The lowest BCUT2D eigenvalue weighted by atomic mass is 9.98. The summed E-state index contributed by atoms with van der Waals surface area (Å²) in [4.78, 5) is 38.3. The van der Waals surface area contributed by atoms with Gasteiger partial charge >= 0.3 is 5.97 Å². The fraction of sp³-hybridized carbons (Fsp3) is 0.455. The summed E-state index contributed by atoms with van der Waals surface area (Å²) in [7, 11) is 0. The van der Waals surface area contributed by atoms with E-state index < -0.39 is 0 Å². The van der Waals surface area contributed by atoms with Gasteiger partial charge in [-0.05, 0) is 31.9 Å². The lowest BCUT2D eigenvalue weighted by Gasteiger charge is -2.31. The molecule has 1 aromatic heterocycles. The Labute approximate surface area is 181 Å². The number of carbonyl (C=O) groups is 3. The van der Waals surface area contributed by atoms with Gasteiger partial charge in [0.1, 0.15) is 12.3 Å². The van der Waals surface area contributed by atoms with Gasteiger partial charge in [0.2, 0.25) is 11.8 Å². The molecular formula is C22H28N4O5. The Hall–Kier alpha value is -3.36. The molecule has 2 amide bonds. The molecule has 1 aliphatic heterocycles. The fourth-order valence-electron chi connectivity index (χ4n) is 3.41. The van der Waals surface area contributed by atoms with E-state index in [9.17, 15) is 14.4 Å². The third-order valence-electron chi connectivity index (χ3n) is 4.95. The average molecular weight is 428 g/mol. The van der Waals surface area contributed by atoms with E-state index in [1.54, 1.807) is 18.0 Å². The quantitative estimate of drug-likeness (QED) is 0.614. The molecule has 1 saturated heterocycles. The second-order valence-electron chi connectivity index (χ2n) is 7.32. The third-order valence-corrected chi connectivity index (χ3v) is 4.95. The van der Waals surface area contributed by atoms with Crippen molar-refractivity contribution in [1.82, 2.24) is 14.7 Å². The number of nitrogens with zero attached hydrogens (tertiary/aromatic N) is 3. The molecule has 2 aromatic rings. The second-order valence-corrected chi connectivity index (χ2v) is 7.32. The van der Waals surface area contributed by atoms with Gasteiger partial charge in [0.15, 0.2) is 0 Å². The lowest BCUT2D eigenvalue weighted by molar-refractivity contribution is -0.151. The van der Waals surface area contributed by atoms with Crippen LogP contribution in [0.3, 0.4) is 0 Å². The topological polar surface area (TPSA) is 103 Å². The van der Waals surface area contributed by atoms with Crippen molar-refractivity contribution in [3.05, 3.63) is 42.7 Å². The summed E-state index contributed by atoms with van der Waals surface area (Å²) >= 11 is 0. The maximum Gasteiger partial charge on any atom is 0.310 e. The highest BCUT2D eigenvalue weighted by Crippen LogP contribution is 2.18. The summed E-state index contributed by atoms with van der Waals surface area (Å²) in [6.45, 7) is 3.39. The molecule has 1 aromatic carbocycles. The summed E-state index contributed by atoms with van der Waals surface area (Å²) in [5.41, 5.74) is 0.514. The molecule has 9 heteroatoms. The van der Waals surface area contributed by atoms with Crippen LogP contribution in [0, 0.1) is 5.92 Å². The number of nitrogens with one attached hydrogen (secondary N) is 1. The number of hydrogen-bond acceptors (Lipinski definition) is 6. The van der Waals surface area contributed by atoms with Crippen LogP contribution in [-0.2, 0) is 25.7 Å². The number of likely N-dealkylation sites (tertiary alicyclic amines) is 1. The van der Waals surface area contributed by atoms with Gasteiger partial charge in [-0.1, -0.05) is 18.2 Å². The summed E-state index contributed by atoms with van der Waals surface area (Å²) in [6, 6.07) is 9.29. The molecule has 1 atom stereocenters. The Morgan fingerprint density at radius 1 is 1.23 bits per heavy atom. The van der Waals surface area contributed by atoms with E-state index in [0.717, 1.165) is 12.8 Å². The molecule has 1 unspecified atom stereocenters. The lowest BCUT2D eigenvalue weighted by Crippen LogP contribution is -2.44. The number of para-hydroxylation sites is 1. The van der Waals surface area contributed by atoms with Gasteiger partial charge in [0.05, 0.1) is 37.4 Å². The highest BCUT2D eigenvalue weighted by Gasteiger charge is 2.29. The number of benzene rings is 1. The minimum atomic E-state index is -0.275. The predicted octanol–water partition coefficient (Wildman–Crippen LogP) is 2.09. The van der Waals surface area contributed by atoms with E-state index in [0.29, 0.717) is 31.1 Å². The number of amides is 2. The molecule has 1 N–H and O–H groups in total. The van der Waals surface area contributed by atoms with Gasteiger partial charge in [0, 0.05) is 19.3 Å². The van der Waals surface area contributed by atoms with Crippen LogP contribution >= 0.6 is 0 Å². The van der Waals surface area contributed by atoms with Crippen LogP contribution in [0.4, 0.5) is 5.69 Å². The Kier molecular flexibility index (Phi) is 8.03. The van der Waals surface area contributed by atoms with Gasteiger partial charge < -0.3 is 19.7 Å². The molecule has 0 bridgehead atoms. The molecule has 1 fully saturated rings. The highest BCUT2D eigenvalue weighted by atomic mass is 16.5. The fourth-order valence-corrected chi connectivity index (χ4v) is 3.41. The van der Waals surface area contributed by atoms with Crippen molar-refractivity contribution in [1.29, 1.82) is 0 Å². The molecule has 1 aliphatic rings. The van der Waals surface area contributed by atoms with Crippen LogP contribution in [-0.4, -0.2) is 58.8 Å². The number of aromatic nitrogens is 2. The van der Waals surface area contributed by atoms with Crippen molar-refractivity contribution < 1.29 is 23.9 Å². The van der Waals surface area contributed by atoms with Crippen LogP contribution in [0.25, 0.3) is 0 Å². The Morgan fingerprint density at radius 3 is 2.81 bits per heavy atom. The van der Waals surface area contributed by atoms with E-state index in [4.69, 9.17) is 9.47 Å². The van der Waals surface area contributed by atoms with E-state index in [1.807, 2.05) is 30.3 Å². The molecular weight excluding hydrogens is 400 g/mol. The molecule has 0 radical (unpaired) electrons. The van der Waals surface area contributed by atoms with Crippen LogP contribution in [0.1, 0.15) is 26.2 Å². The normalized spacial score (nSPS) is 15.9. The minimum absolute atomic E-state index is 0.0442. The monoisotopic (exact) mass is 428 g/mol. The first-order chi connectivity index (χ1) is 15.0. The number of rotatable bonds is 9. The SMILES string of the molecule is CCOC(=O)C1CCCN(C(=O)Cn2cc(NC(=O)CCOc3ccccc3)cn2)C1. The van der Waals surface area contributed by atoms with Gasteiger partial charge in [-0.15, -0.1) is 0 Å². The van der Waals surface area contributed by atoms with Crippen LogP contribution in [0.2, 0.25) is 0 Å². The third kappa shape index (κ3) is 6.84. The second kappa shape index (κ2) is 11.1. The molecule has 166 valence electrons. The van der Waals surface area contributed by atoms with Crippen LogP contribution in [0.15, 0.2) is 42.7 Å². The van der Waals surface area contributed by atoms with Crippen LogP contribution < -0.4 is 10.1 Å². The van der Waals surface area contributed by atoms with Crippen molar-refractivity contribution >= 4 is 23.5 Å². The smallest absolute Gasteiger partial charge is 0.310 e. The molecule has 3 rings (SSSR count). The van der Waals surface area contributed by atoms with E-state index >= 15 is 0 Å². The Balaban J connectivity index is 1.43. The molecule has 9 nitrogen and oxygen atoms in total. The Bertz CT molecular complexity index is 883. The van der Waals surface area contributed by atoms with Crippen molar-refractivity contribution in [2.24, 2.45) is 5.92 Å². The van der Waals surface area contributed by atoms with Gasteiger partial charge in [-0.2, -0.15) is 5.10 Å². The zero-order valence-electron chi connectivity index (χ0n) is 17.7. The maximum atomic E-state index is 12.6. The molecule has 0 saturated carbocycles. The number of carbonyl (C=O) groups excluding carboxylic acids is 3. The first kappa shape index (κ1) is 22.3. The van der Waals surface area contributed by atoms with Crippen molar-refractivity contribution in [3.63, 3.8) is 0 Å². The zero-order chi connectivity index (χ0) is 22.1. The van der Waals surface area contributed by atoms with Gasteiger partial charge in [0.25, 0.3) is 0 Å². The predicted molar refractivity (Wildman–Crippen MR) is 113 cm³/mol. The van der Waals surface area contributed by atoms with Gasteiger partial charge in [-0.25, -0.2) is 0 Å². The summed E-state index contributed by atoms with van der Waals surface area (Å²) < 4.78 is 12.1. The first-order valence-electron chi connectivity index (χ1n) is 10.5. The van der Waals surface area contributed by atoms with Crippen molar-refractivity contribution in [3.8, 4) is 5.75 Å². The van der Waals surface area contributed by atoms with E-state index in [-0.39, 0.29) is 43.3 Å².